The van der Waals surface area contributed by atoms with E-state index in [4.69, 9.17) is 15.0 Å². The van der Waals surface area contributed by atoms with Gasteiger partial charge in [0.05, 0.1) is 27.8 Å². The molecule has 6 heteroatoms. The summed E-state index contributed by atoms with van der Waals surface area (Å²) < 4.78 is 7.39. The SMILES string of the molecule is c1ccc(-c2nc(-c3ccccc3)nc(-c3ccc4sc5ccc6c7cccc(-n8c9ccccc9c9ccccc98)c7n(-c7ccccc7)c6c5c4c3)n2)cc1. The number of thiophene rings is 1. The summed E-state index contributed by atoms with van der Waals surface area (Å²) in [6, 6.07) is 66.7. The average molecular weight is 746 g/mol. The number of hydrogen-bond donors (Lipinski definition) is 0. The first-order valence-corrected chi connectivity index (χ1v) is 19.9. The zero-order chi connectivity index (χ0) is 37.5. The Kier molecular flexibility index (Phi) is 7.03. The Hall–Kier alpha value is -7.41. The van der Waals surface area contributed by atoms with Crippen molar-refractivity contribution in [1.29, 1.82) is 0 Å². The molecule has 0 amide bonds. The van der Waals surface area contributed by atoms with Gasteiger partial charge in [-0.3, -0.25) is 0 Å². The van der Waals surface area contributed by atoms with Gasteiger partial charge in [-0.15, -0.1) is 11.3 Å². The average Bonchev–Trinajstić information content (AvgIpc) is 3.95. The summed E-state index contributed by atoms with van der Waals surface area (Å²) in [5.41, 5.74) is 9.85. The van der Waals surface area contributed by atoms with Gasteiger partial charge in [-0.1, -0.05) is 133 Å². The molecule has 4 aromatic heterocycles. The lowest BCUT2D eigenvalue weighted by atomic mass is 10.1. The molecule has 12 aromatic rings. The van der Waals surface area contributed by atoms with E-state index < -0.39 is 0 Å². The molecule has 0 aliphatic heterocycles. The van der Waals surface area contributed by atoms with Crippen molar-refractivity contribution >= 4 is 75.1 Å². The Labute approximate surface area is 331 Å². The van der Waals surface area contributed by atoms with Gasteiger partial charge >= 0.3 is 0 Å². The normalized spacial score (nSPS) is 11.9. The second-order valence-electron chi connectivity index (χ2n) is 14.4. The van der Waals surface area contributed by atoms with Crippen LogP contribution in [0.4, 0.5) is 0 Å². The van der Waals surface area contributed by atoms with Gasteiger partial charge in [0.15, 0.2) is 17.5 Å². The van der Waals surface area contributed by atoms with E-state index in [1.54, 1.807) is 0 Å². The van der Waals surface area contributed by atoms with Crippen molar-refractivity contribution in [2.24, 2.45) is 0 Å². The largest absolute Gasteiger partial charge is 0.307 e. The van der Waals surface area contributed by atoms with Crippen LogP contribution >= 0.6 is 11.3 Å². The van der Waals surface area contributed by atoms with Crippen molar-refractivity contribution in [2.75, 3.05) is 0 Å². The molecule has 0 N–H and O–H groups in total. The molecule has 8 aromatic carbocycles. The maximum absolute atomic E-state index is 5.10. The first-order chi connectivity index (χ1) is 28.3. The van der Waals surface area contributed by atoms with Crippen molar-refractivity contribution in [1.82, 2.24) is 24.1 Å². The Bertz CT molecular complexity index is 3400. The minimum Gasteiger partial charge on any atom is -0.307 e. The van der Waals surface area contributed by atoms with Crippen molar-refractivity contribution in [3.63, 3.8) is 0 Å². The molecule has 5 nitrogen and oxygen atoms in total. The molecule has 0 radical (unpaired) electrons. The van der Waals surface area contributed by atoms with Gasteiger partial charge in [0.2, 0.25) is 0 Å². The van der Waals surface area contributed by atoms with Gasteiger partial charge in [0, 0.05) is 64.1 Å². The van der Waals surface area contributed by atoms with E-state index >= 15 is 0 Å². The molecule has 12 rings (SSSR count). The second-order valence-corrected chi connectivity index (χ2v) is 15.5. The van der Waals surface area contributed by atoms with Crippen LogP contribution in [0.5, 0.6) is 0 Å². The lowest BCUT2D eigenvalue weighted by Gasteiger charge is -2.14. The van der Waals surface area contributed by atoms with Crippen molar-refractivity contribution < 1.29 is 0 Å². The molecule has 0 unspecified atom stereocenters. The predicted octanol–water partition coefficient (Wildman–Crippen LogP) is 13.4. The highest BCUT2D eigenvalue weighted by atomic mass is 32.1. The first kappa shape index (κ1) is 31.9. The third-order valence-corrected chi connectivity index (χ3v) is 12.3. The van der Waals surface area contributed by atoms with E-state index in [0.29, 0.717) is 17.5 Å². The van der Waals surface area contributed by atoms with Gasteiger partial charge in [-0.2, -0.15) is 0 Å². The van der Waals surface area contributed by atoms with Crippen LogP contribution in [0, 0.1) is 0 Å². The highest BCUT2D eigenvalue weighted by molar-refractivity contribution is 7.26. The Morgan fingerprint density at radius 2 is 0.877 bits per heavy atom. The standard InChI is InChI=1S/C51H31N5S/c1-4-15-32(16-5-1)49-52-50(33-17-6-2-7-18-33)54-51(53-49)34-27-29-44-40(31-34)46-45(57-44)30-28-39-38-23-14-26-43(47(38)55(48(39)46)35-19-8-3-9-20-35)56-41-24-12-10-21-36(41)37-22-11-13-25-42(37)56/h1-31H. The monoisotopic (exact) mass is 745 g/mol. The van der Waals surface area contributed by atoms with Gasteiger partial charge < -0.3 is 9.13 Å². The van der Waals surface area contributed by atoms with E-state index in [2.05, 4.69) is 161 Å². The molecular formula is C51H31N5S. The molecule has 0 fully saturated rings. The van der Waals surface area contributed by atoms with Gasteiger partial charge in [-0.05, 0) is 54.6 Å². The Morgan fingerprint density at radius 1 is 0.351 bits per heavy atom. The van der Waals surface area contributed by atoms with Crippen LogP contribution in [-0.4, -0.2) is 24.1 Å². The number of aromatic nitrogens is 5. The molecule has 0 bridgehead atoms. The lowest BCUT2D eigenvalue weighted by Crippen LogP contribution is -2.00. The van der Waals surface area contributed by atoms with Crippen LogP contribution in [0.3, 0.4) is 0 Å². The van der Waals surface area contributed by atoms with Crippen LogP contribution in [0.2, 0.25) is 0 Å². The van der Waals surface area contributed by atoms with Crippen molar-refractivity contribution in [3.8, 4) is 45.5 Å². The molecule has 0 spiro atoms. The first-order valence-electron chi connectivity index (χ1n) is 19.1. The minimum absolute atomic E-state index is 0.647. The van der Waals surface area contributed by atoms with E-state index in [1.165, 1.54) is 63.8 Å². The summed E-state index contributed by atoms with van der Waals surface area (Å²) in [7, 11) is 0. The number of nitrogens with zero attached hydrogens (tertiary/aromatic N) is 5. The van der Waals surface area contributed by atoms with E-state index in [1.807, 2.05) is 47.7 Å². The number of rotatable bonds is 5. The molecule has 57 heavy (non-hydrogen) atoms. The molecule has 266 valence electrons. The summed E-state index contributed by atoms with van der Waals surface area (Å²) in [5, 5.41) is 7.32. The highest BCUT2D eigenvalue weighted by Gasteiger charge is 2.23. The van der Waals surface area contributed by atoms with E-state index in [-0.39, 0.29) is 0 Å². The summed E-state index contributed by atoms with van der Waals surface area (Å²) in [4.78, 5) is 15.1. The summed E-state index contributed by atoms with van der Waals surface area (Å²) in [5.74, 6) is 1.95. The van der Waals surface area contributed by atoms with Gasteiger partial charge in [-0.25, -0.2) is 15.0 Å². The molecule has 0 saturated carbocycles. The van der Waals surface area contributed by atoms with Gasteiger partial charge in [0.1, 0.15) is 0 Å². The summed E-state index contributed by atoms with van der Waals surface area (Å²) in [6.45, 7) is 0. The topological polar surface area (TPSA) is 48.5 Å². The summed E-state index contributed by atoms with van der Waals surface area (Å²) in [6.07, 6.45) is 0. The fourth-order valence-corrected chi connectivity index (χ4v) is 9.76. The lowest BCUT2D eigenvalue weighted by molar-refractivity contribution is 1.07. The number of hydrogen-bond acceptors (Lipinski definition) is 4. The molecule has 0 aliphatic rings. The third-order valence-electron chi connectivity index (χ3n) is 11.2. The second kappa shape index (κ2) is 12.6. The third kappa shape index (κ3) is 4.91. The maximum atomic E-state index is 5.10. The quantitative estimate of drug-likeness (QED) is 0.176. The number of benzene rings is 8. The van der Waals surface area contributed by atoms with Crippen LogP contribution in [0.25, 0.3) is 109 Å². The Balaban J connectivity index is 1.17. The van der Waals surface area contributed by atoms with Crippen molar-refractivity contribution in [3.05, 3.63) is 188 Å². The fourth-order valence-electron chi connectivity index (χ4n) is 8.67. The fraction of sp³-hybridized carbons (Fsp3) is 0. The van der Waals surface area contributed by atoms with Crippen LogP contribution in [0.15, 0.2) is 188 Å². The smallest absolute Gasteiger partial charge is 0.164 e. The van der Waals surface area contributed by atoms with Crippen LogP contribution < -0.4 is 0 Å². The number of para-hydroxylation sites is 4. The minimum atomic E-state index is 0.647. The molecule has 0 saturated heterocycles. The van der Waals surface area contributed by atoms with Crippen LogP contribution in [-0.2, 0) is 0 Å². The molecular weight excluding hydrogens is 715 g/mol. The molecule has 0 aliphatic carbocycles. The van der Waals surface area contributed by atoms with Crippen molar-refractivity contribution in [2.45, 2.75) is 0 Å². The van der Waals surface area contributed by atoms with Gasteiger partial charge in [0.25, 0.3) is 0 Å². The number of fused-ring (bicyclic) bond motifs is 10. The molecule has 4 heterocycles. The Morgan fingerprint density at radius 3 is 1.53 bits per heavy atom. The summed E-state index contributed by atoms with van der Waals surface area (Å²) >= 11 is 1.83. The zero-order valence-electron chi connectivity index (χ0n) is 30.5. The maximum Gasteiger partial charge on any atom is 0.164 e. The van der Waals surface area contributed by atoms with E-state index in [0.717, 1.165) is 28.1 Å². The van der Waals surface area contributed by atoms with Crippen LogP contribution in [0.1, 0.15) is 0 Å². The predicted molar refractivity (Wildman–Crippen MR) is 238 cm³/mol. The zero-order valence-corrected chi connectivity index (χ0v) is 31.4. The molecule has 0 atom stereocenters. The highest BCUT2D eigenvalue weighted by Crippen LogP contribution is 2.46. The van der Waals surface area contributed by atoms with E-state index in [9.17, 15) is 0 Å².